The Morgan fingerprint density at radius 2 is 1.95 bits per heavy atom. The van der Waals surface area contributed by atoms with Gasteiger partial charge in [-0.1, -0.05) is 13.8 Å². The highest BCUT2D eigenvalue weighted by Crippen LogP contribution is 2.30. The van der Waals surface area contributed by atoms with Crippen LogP contribution in [0, 0.1) is 11.8 Å². The predicted octanol–water partition coefficient (Wildman–Crippen LogP) is 2.27. The molecule has 1 heterocycles. The van der Waals surface area contributed by atoms with Crippen molar-refractivity contribution in [3.8, 4) is 0 Å². The second kappa shape index (κ2) is 6.24. The average Bonchev–Trinajstić information content (AvgIpc) is 2.32. The maximum atomic E-state index is 11.6. The molecule has 4 heteroatoms. The van der Waals surface area contributed by atoms with Gasteiger partial charge in [-0.25, -0.2) is 0 Å². The van der Waals surface area contributed by atoms with Gasteiger partial charge in [0, 0.05) is 24.5 Å². The van der Waals surface area contributed by atoms with E-state index in [9.17, 15) is 4.79 Å². The SMILES string of the molecule is CC1CC(C)CC(OCCn2cc(N)ccc2=O)C1. The van der Waals surface area contributed by atoms with E-state index >= 15 is 0 Å². The lowest BCUT2D eigenvalue weighted by molar-refractivity contribution is -0.00264. The van der Waals surface area contributed by atoms with Crippen LogP contribution in [0.3, 0.4) is 0 Å². The fourth-order valence-electron chi connectivity index (χ4n) is 3.05. The summed E-state index contributed by atoms with van der Waals surface area (Å²) in [6, 6.07) is 3.13. The van der Waals surface area contributed by atoms with Crippen molar-refractivity contribution in [1.29, 1.82) is 0 Å². The van der Waals surface area contributed by atoms with Crippen molar-refractivity contribution in [3.63, 3.8) is 0 Å². The largest absolute Gasteiger partial charge is 0.398 e. The van der Waals surface area contributed by atoms with Crippen molar-refractivity contribution in [2.45, 2.75) is 45.8 Å². The topological polar surface area (TPSA) is 57.2 Å². The molecule has 1 aliphatic rings. The Morgan fingerprint density at radius 3 is 2.63 bits per heavy atom. The summed E-state index contributed by atoms with van der Waals surface area (Å²) in [6.45, 7) is 5.72. The molecule has 2 atom stereocenters. The summed E-state index contributed by atoms with van der Waals surface area (Å²) < 4.78 is 7.54. The van der Waals surface area contributed by atoms with Gasteiger partial charge in [0.1, 0.15) is 0 Å². The zero-order valence-corrected chi connectivity index (χ0v) is 11.8. The van der Waals surface area contributed by atoms with Crippen LogP contribution in [0.5, 0.6) is 0 Å². The predicted molar refractivity (Wildman–Crippen MR) is 77.0 cm³/mol. The summed E-state index contributed by atoms with van der Waals surface area (Å²) in [7, 11) is 0. The molecule has 1 aliphatic carbocycles. The maximum Gasteiger partial charge on any atom is 0.250 e. The average molecular weight is 264 g/mol. The lowest BCUT2D eigenvalue weighted by Crippen LogP contribution is -2.28. The third-order valence-electron chi connectivity index (χ3n) is 3.83. The zero-order valence-electron chi connectivity index (χ0n) is 11.8. The van der Waals surface area contributed by atoms with Crippen LogP contribution in [0.15, 0.2) is 23.1 Å². The Morgan fingerprint density at radius 1 is 1.26 bits per heavy atom. The van der Waals surface area contributed by atoms with Crippen molar-refractivity contribution < 1.29 is 4.74 Å². The number of ether oxygens (including phenoxy) is 1. The fraction of sp³-hybridized carbons (Fsp3) is 0.667. The van der Waals surface area contributed by atoms with Gasteiger partial charge >= 0.3 is 0 Å². The van der Waals surface area contributed by atoms with Gasteiger partial charge in [0.2, 0.25) is 0 Å². The summed E-state index contributed by atoms with van der Waals surface area (Å²) in [5.74, 6) is 1.48. The Bertz CT molecular complexity index is 459. The molecule has 2 unspecified atom stereocenters. The van der Waals surface area contributed by atoms with Gasteiger partial charge in [-0.2, -0.15) is 0 Å². The molecule has 2 N–H and O–H groups in total. The van der Waals surface area contributed by atoms with Crippen molar-refractivity contribution in [2.75, 3.05) is 12.3 Å². The van der Waals surface area contributed by atoms with E-state index in [0.29, 0.717) is 24.9 Å². The van der Waals surface area contributed by atoms with Crippen LogP contribution in [0.2, 0.25) is 0 Å². The molecule has 1 saturated carbocycles. The first-order valence-electron chi connectivity index (χ1n) is 7.12. The fourth-order valence-corrected chi connectivity index (χ4v) is 3.05. The number of nitrogens with two attached hydrogens (primary N) is 1. The molecule has 1 aromatic heterocycles. The van der Waals surface area contributed by atoms with Crippen LogP contribution < -0.4 is 11.3 Å². The van der Waals surface area contributed by atoms with Crippen molar-refractivity contribution in [1.82, 2.24) is 4.57 Å². The number of rotatable bonds is 4. The third kappa shape index (κ3) is 4.10. The van der Waals surface area contributed by atoms with Crippen molar-refractivity contribution in [2.24, 2.45) is 11.8 Å². The first-order valence-corrected chi connectivity index (χ1v) is 7.12. The minimum atomic E-state index is -0.0248. The summed E-state index contributed by atoms with van der Waals surface area (Å²) in [5, 5.41) is 0. The standard InChI is InChI=1S/C15H24N2O2/c1-11-7-12(2)9-14(8-11)19-6-5-17-10-13(16)3-4-15(17)18/h3-4,10-12,14H,5-9,16H2,1-2H3. The molecule has 106 valence electrons. The van der Waals surface area contributed by atoms with Crippen molar-refractivity contribution in [3.05, 3.63) is 28.7 Å². The van der Waals surface area contributed by atoms with Crippen molar-refractivity contribution >= 4 is 5.69 Å². The van der Waals surface area contributed by atoms with Gasteiger partial charge in [-0.05, 0) is 37.2 Å². The minimum absolute atomic E-state index is 0.0248. The number of aromatic nitrogens is 1. The van der Waals surface area contributed by atoms with Crippen LogP contribution >= 0.6 is 0 Å². The summed E-state index contributed by atoms with van der Waals surface area (Å²) in [4.78, 5) is 11.6. The van der Waals surface area contributed by atoms with Gasteiger partial charge in [0.25, 0.3) is 5.56 Å². The zero-order chi connectivity index (χ0) is 13.8. The molecule has 2 rings (SSSR count). The molecule has 1 fully saturated rings. The quantitative estimate of drug-likeness (QED) is 0.907. The molecule has 0 radical (unpaired) electrons. The van der Waals surface area contributed by atoms with Crippen LogP contribution in [0.1, 0.15) is 33.1 Å². The highest BCUT2D eigenvalue weighted by Gasteiger charge is 2.24. The van der Waals surface area contributed by atoms with E-state index in [1.165, 1.54) is 12.5 Å². The lowest BCUT2D eigenvalue weighted by atomic mass is 9.82. The summed E-state index contributed by atoms with van der Waals surface area (Å²) in [6.07, 6.45) is 5.59. The second-order valence-electron chi connectivity index (χ2n) is 5.90. The molecule has 0 bridgehead atoms. The Hall–Kier alpha value is -1.29. The lowest BCUT2D eigenvalue weighted by Gasteiger charge is -2.31. The molecule has 4 nitrogen and oxygen atoms in total. The van der Waals surface area contributed by atoms with E-state index in [-0.39, 0.29) is 5.56 Å². The molecular formula is C15H24N2O2. The Balaban J connectivity index is 1.83. The van der Waals surface area contributed by atoms with E-state index in [1.807, 2.05) is 0 Å². The van der Waals surface area contributed by atoms with Gasteiger partial charge in [0.05, 0.1) is 12.7 Å². The number of nitrogen functional groups attached to an aromatic ring is 1. The highest BCUT2D eigenvalue weighted by molar-refractivity contribution is 5.33. The monoisotopic (exact) mass is 264 g/mol. The Labute approximate surface area is 114 Å². The third-order valence-corrected chi connectivity index (χ3v) is 3.83. The summed E-state index contributed by atoms with van der Waals surface area (Å²) >= 11 is 0. The van der Waals surface area contributed by atoms with Crippen LogP contribution in [0.25, 0.3) is 0 Å². The number of hydrogen-bond donors (Lipinski definition) is 1. The van der Waals surface area contributed by atoms with Crippen LogP contribution in [-0.4, -0.2) is 17.3 Å². The molecule has 1 aromatic rings. The highest BCUT2D eigenvalue weighted by atomic mass is 16.5. The molecular weight excluding hydrogens is 240 g/mol. The van der Waals surface area contributed by atoms with E-state index in [4.69, 9.17) is 10.5 Å². The van der Waals surface area contributed by atoms with E-state index in [2.05, 4.69) is 13.8 Å². The van der Waals surface area contributed by atoms with Crippen LogP contribution in [-0.2, 0) is 11.3 Å². The number of hydrogen-bond acceptors (Lipinski definition) is 3. The van der Waals surface area contributed by atoms with E-state index < -0.39 is 0 Å². The Kier molecular flexibility index (Phi) is 4.64. The molecule has 0 amide bonds. The van der Waals surface area contributed by atoms with E-state index in [1.54, 1.807) is 16.8 Å². The normalized spacial score (nSPS) is 27.4. The number of pyridine rings is 1. The molecule has 0 aliphatic heterocycles. The molecule has 0 saturated heterocycles. The molecule has 0 aromatic carbocycles. The molecule has 0 spiro atoms. The van der Waals surface area contributed by atoms with Gasteiger partial charge in [-0.15, -0.1) is 0 Å². The first kappa shape index (κ1) is 14.1. The van der Waals surface area contributed by atoms with Crippen LogP contribution in [0.4, 0.5) is 5.69 Å². The number of anilines is 1. The number of nitrogens with zero attached hydrogens (tertiary/aromatic N) is 1. The maximum absolute atomic E-state index is 11.6. The molecule has 19 heavy (non-hydrogen) atoms. The van der Waals surface area contributed by atoms with Gasteiger partial charge in [-0.3, -0.25) is 4.79 Å². The van der Waals surface area contributed by atoms with E-state index in [0.717, 1.165) is 24.7 Å². The van der Waals surface area contributed by atoms with Gasteiger partial charge < -0.3 is 15.0 Å². The smallest absolute Gasteiger partial charge is 0.250 e. The minimum Gasteiger partial charge on any atom is -0.398 e. The van der Waals surface area contributed by atoms with Gasteiger partial charge in [0.15, 0.2) is 0 Å². The first-order chi connectivity index (χ1) is 9.04. The summed E-state index contributed by atoms with van der Waals surface area (Å²) in [5.41, 5.74) is 6.26. The second-order valence-corrected chi connectivity index (χ2v) is 5.90.